The molecule has 0 unspecified atom stereocenters. The highest BCUT2D eigenvalue weighted by Crippen LogP contribution is 2.40. The van der Waals surface area contributed by atoms with Crippen LogP contribution in [0.5, 0.6) is 0 Å². The normalized spacial score (nSPS) is 14.2. The van der Waals surface area contributed by atoms with Crippen LogP contribution >= 0.6 is 11.3 Å². The highest BCUT2D eigenvalue weighted by Gasteiger charge is 2.26. The summed E-state index contributed by atoms with van der Waals surface area (Å²) < 4.78 is 0.838. The molecule has 0 radical (unpaired) electrons. The predicted octanol–water partition coefficient (Wildman–Crippen LogP) is 1.99. The minimum absolute atomic E-state index is 0.00779. The first-order valence-corrected chi connectivity index (χ1v) is 7.11. The van der Waals surface area contributed by atoms with E-state index in [0.717, 1.165) is 4.70 Å². The minimum atomic E-state index is -0.439. The molecule has 106 valence electrons. The van der Waals surface area contributed by atoms with Crippen molar-refractivity contribution in [3.8, 4) is 12.3 Å². The third-order valence-electron chi connectivity index (χ3n) is 3.33. The summed E-state index contributed by atoms with van der Waals surface area (Å²) in [6.07, 6.45) is 5.39. The van der Waals surface area contributed by atoms with E-state index in [1.54, 1.807) is 6.07 Å². The Labute approximate surface area is 124 Å². The van der Waals surface area contributed by atoms with Crippen LogP contribution in [0.3, 0.4) is 0 Å². The fourth-order valence-electron chi connectivity index (χ4n) is 2.42. The number of amides is 1. The molecule has 0 saturated heterocycles. The Bertz CT molecular complexity index is 791. The van der Waals surface area contributed by atoms with Crippen LogP contribution in [0.4, 0.5) is 11.4 Å². The van der Waals surface area contributed by atoms with Crippen LogP contribution in [-0.4, -0.2) is 30.5 Å². The summed E-state index contributed by atoms with van der Waals surface area (Å²) in [6.45, 7) is 1.44. The molecule has 1 N–H and O–H groups in total. The van der Waals surface area contributed by atoms with Gasteiger partial charge in [0.05, 0.1) is 17.2 Å². The number of nitrogens with one attached hydrogen (secondary N) is 1. The number of anilines is 1. The van der Waals surface area contributed by atoms with E-state index in [1.165, 1.54) is 23.5 Å². The number of carbonyl (C=O) groups is 1. The molecule has 7 heteroatoms. The number of hydrogen-bond acceptors (Lipinski definition) is 5. The van der Waals surface area contributed by atoms with Crippen LogP contribution < -0.4 is 10.2 Å². The number of nitro groups is 1. The second kappa shape index (κ2) is 5.07. The second-order valence-electron chi connectivity index (χ2n) is 4.60. The average molecular weight is 301 g/mol. The van der Waals surface area contributed by atoms with Crippen molar-refractivity contribution in [1.82, 2.24) is 5.32 Å². The van der Waals surface area contributed by atoms with Crippen molar-refractivity contribution in [2.45, 2.75) is 0 Å². The van der Waals surface area contributed by atoms with E-state index in [0.29, 0.717) is 35.6 Å². The van der Waals surface area contributed by atoms with Crippen molar-refractivity contribution in [2.24, 2.45) is 0 Å². The molecule has 1 aliphatic heterocycles. The molecule has 0 spiro atoms. The van der Waals surface area contributed by atoms with Crippen LogP contribution in [-0.2, 0) is 0 Å². The van der Waals surface area contributed by atoms with Gasteiger partial charge in [-0.2, -0.15) is 0 Å². The van der Waals surface area contributed by atoms with E-state index < -0.39 is 4.92 Å². The molecule has 2 aromatic rings. The standard InChI is InChI=1S/C14H11N3O3S/c1-2-6-16-7-5-15-14(18)13-12(16)10-8-9(17(19)20)3-4-11(10)21-13/h1,3-4,8H,5-7H2,(H,15,18). The van der Waals surface area contributed by atoms with Gasteiger partial charge in [0.2, 0.25) is 0 Å². The number of rotatable bonds is 2. The zero-order valence-electron chi connectivity index (χ0n) is 11.0. The van der Waals surface area contributed by atoms with Crippen molar-refractivity contribution in [1.29, 1.82) is 0 Å². The molecule has 1 amide bonds. The van der Waals surface area contributed by atoms with Crippen LogP contribution in [0.15, 0.2) is 18.2 Å². The highest BCUT2D eigenvalue weighted by atomic mass is 32.1. The molecule has 1 aromatic carbocycles. The average Bonchev–Trinajstić information content (AvgIpc) is 2.77. The molecular formula is C14H11N3O3S. The van der Waals surface area contributed by atoms with E-state index in [4.69, 9.17) is 6.42 Å². The van der Waals surface area contributed by atoms with Gasteiger partial charge in [-0.3, -0.25) is 14.9 Å². The van der Waals surface area contributed by atoms with Crippen molar-refractivity contribution in [3.63, 3.8) is 0 Å². The predicted molar refractivity (Wildman–Crippen MR) is 81.9 cm³/mol. The largest absolute Gasteiger partial charge is 0.357 e. The molecule has 0 saturated carbocycles. The fourth-order valence-corrected chi connectivity index (χ4v) is 3.54. The van der Waals surface area contributed by atoms with E-state index >= 15 is 0 Å². The third-order valence-corrected chi connectivity index (χ3v) is 4.49. The molecular weight excluding hydrogens is 290 g/mol. The zero-order valence-corrected chi connectivity index (χ0v) is 11.8. The lowest BCUT2D eigenvalue weighted by Gasteiger charge is -2.20. The Morgan fingerprint density at radius 2 is 2.33 bits per heavy atom. The molecule has 21 heavy (non-hydrogen) atoms. The molecule has 1 aliphatic rings. The van der Waals surface area contributed by atoms with Crippen LogP contribution in [0.2, 0.25) is 0 Å². The number of non-ortho nitro benzene ring substituents is 1. The number of nitrogens with zero attached hydrogens (tertiary/aromatic N) is 2. The second-order valence-corrected chi connectivity index (χ2v) is 5.65. The van der Waals surface area contributed by atoms with Crippen molar-refractivity contribution in [3.05, 3.63) is 33.2 Å². The lowest BCUT2D eigenvalue weighted by Crippen LogP contribution is -2.30. The van der Waals surface area contributed by atoms with Crippen LogP contribution in [0, 0.1) is 22.5 Å². The summed E-state index contributed by atoms with van der Waals surface area (Å²) in [6, 6.07) is 4.63. The third kappa shape index (κ3) is 2.19. The molecule has 0 atom stereocenters. The lowest BCUT2D eigenvalue weighted by atomic mass is 10.2. The lowest BCUT2D eigenvalue weighted by molar-refractivity contribution is -0.384. The summed E-state index contributed by atoms with van der Waals surface area (Å²) in [4.78, 5) is 25.1. The SMILES string of the molecule is C#CCN1CCNC(=O)c2sc3ccc([N+](=O)[O-])cc3c21. The zero-order chi connectivity index (χ0) is 15.0. The summed E-state index contributed by atoms with van der Waals surface area (Å²) in [5.41, 5.74) is 0.708. The van der Waals surface area contributed by atoms with Crippen LogP contribution in [0.1, 0.15) is 9.67 Å². The van der Waals surface area contributed by atoms with E-state index in [2.05, 4.69) is 11.2 Å². The first kappa shape index (κ1) is 13.4. The molecule has 2 heterocycles. The molecule has 0 fully saturated rings. The minimum Gasteiger partial charge on any atom is -0.357 e. The van der Waals surface area contributed by atoms with Crippen molar-refractivity contribution in [2.75, 3.05) is 24.5 Å². The first-order chi connectivity index (χ1) is 10.1. The van der Waals surface area contributed by atoms with E-state index in [1.807, 2.05) is 4.90 Å². The number of carbonyl (C=O) groups excluding carboxylic acids is 1. The van der Waals surface area contributed by atoms with E-state index in [-0.39, 0.29) is 11.6 Å². The quantitative estimate of drug-likeness (QED) is 0.523. The molecule has 0 aliphatic carbocycles. The Morgan fingerprint density at radius 1 is 1.52 bits per heavy atom. The van der Waals surface area contributed by atoms with Gasteiger partial charge < -0.3 is 10.2 Å². The number of terminal acetylenes is 1. The molecule has 6 nitrogen and oxygen atoms in total. The Kier molecular flexibility index (Phi) is 3.23. The van der Waals surface area contributed by atoms with Gasteiger partial charge in [0.15, 0.2) is 0 Å². The van der Waals surface area contributed by atoms with Gasteiger partial charge in [-0.1, -0.05) is 5.92 Å². The molecule has 0 bridgehead atoms. The number of hydrogen-bond donors (Lipinski definition) is 1. The number of fused-ring (bicyclic) bond motifs is 3. The van der Waals surface area contributed by atoms with Crippen molar-refractivity contribution < 1.29 is 9.72 Å². The Morgan fingerprint density at radius 3 is 3.05 bits per heavy atom. The molecule has 3 rings (SSSR count). The molecule has 1 aromatic heterocycles. The number of benzene rings is 1. The van der Waals surface area contributed by atoms with Gasteiger partial charge in [-0.05, 0) is 6.07 Å². The maximum atomic E-state index is 12.1. The smallest absolute Gasteiger partial charge is 0.270 e. The Balaban J connectivity index is 2.27. The first-order valence-electron chi connectivity index (χ1n) is 6.29. The van der Waals surface area contributed by atoms with E-state index in [9.17, 15) is 14.9 Å². The van der Waals surface area contributed by atoms with Gasteiger partial charge in [-0.25, -0.2) is 0 Å². The van der Waals surface area contributed by atoms with Gasteiger partial charge >= 0.3 is 0 Å². The summed E-state index contributed by atoms with van der Waals surface area (Å²) in [7, 11) is 0. The van der Waals surface area contributed by atoms with Crippen LogP contribution in [0.25, 0.3) is 10.1 Å². The number of nitro benzene ring substituents is 1. The summed E-state index contributed by atoms with van der Waals surface area (Å²) in [5.74, 6) is 2.41. The summed E-state index contributed by atoms with van der Waals surface area (Å²) >= 11 is 1.33. The maximum Gasteiger partial charge on any atom is 0.270 e. The summed E-state index contributed by atoms with van der Waals surface area (Å²) in [5, 5.41) is 14.5. The number of thiophene rings is 1. The monoisotopic (exact) mass is 301 g/mol. The van der Waals surface area contributed by atoms with Gasteiger partial charge in [0.1, 0.15) is 4.88 Å². The highest BCUT2D eigenvalue weighted by molar-refractivity contribution is 7.21. The topological polar surface area (TPSA) is 75.5 Å². The van der Waals surface area contributed by atoms with Gasteiger partial charge in [0, 0.05) is 35.3 Å². The van der Waals surface area contributed by atoms with Gasteiger partial charge in [-0.15, -0.1) is 17.8 Å². The Hall–Kier alpha value is -2.59. The maximum absolute atomic E-state index is 12.1. The fraction of sp³-hybridized carbons (Fsp3) is 0.214. The van der Waals surface area contributed by atoms with Crippen molar-refractivity contribution >= 4 is 38.7 Å². The van der Waals surface area contributed by atoms with Gasteiger partial charge in [0.25, 0.3) is 11.6 Å².